The van der Waals surface area contributed by atoms with Gasteiger partial charge in [-0.25, -0.2) is 0 Å². The normalized spacial score (nSPS) is 21.4. The first-order chi connectivity index (χ1) is 12.0. The average molecular weight is 342 g/mol. The minimum absolute atomic E-state index is 0.124. The van der Waals surface area contributed by atoms with E-state index in [1.165, 1.54) is 0 Å². The molecule has 25 heavy (non-hydrogen) atoms. The maximum absolute atomic E-state index is 12.0. The third-order valence-electron chi connectivity index (χ3n) is 4.95. The zero-order valence-electron chi connectivity index (χ0n) is 14.9. The molecule has 1 heterocycles. The second-order valence-electron chi connectivity index (χ2n) is 6.49. The SMILES string of the molecule is CCC(=O)N1CC[C@H](N[C@H](C(N)=O)c2ccc(C#N)cc2)[C@@H](CC)C1. The van der Waals surface area contributed by atoms with Crippen molar-refractivity contribution in [2.45, 2.75) is 45.2 Å². The minimum Gasteiger partial charge on any atom is -0.368 e. The van der Waals surface area contributed by atoms with Crippen LogP contribution in [0, 0.1) is 17.2 Å². The summed E-state index contributed by atoms with van der Waals surface area (Å²) in [4.78, 5) is 25.8. The molecule has 6 nitrogen and oxygen atoms in total. The number of hydrogen-bond acceptors (Lipinski definition) is 4. The molecule has 134 valence electrons. The van der Waals surface area contributed by atoms with Crippen LogP contribution in [0.2, 0.25) is 0 Å². The maximum atomic E-state index is 12.0. The van der Waals surface area contributed by atoms with Crippen LogP contribution >= 0.6 is 0 Å². The molecule has 0 aliphatic carbocycles. The number of amides is 2. The lowest BCUT2D eigenvalue weighted by atomic mass is 9.88. The zero-order valence-corrected chi connectivity index (χ0v) is 14.9. The van der Waals surface area contributed by atoms with Crippen LogP contribution in [0.4, 0.5) is 0 Å². The van der Waals surface area contributed by atoms with Gasteiger partial charge in [0, 0.05) is 25.6 Å². The summed E-state index contributed by atoms with van der Waals surface area (Å²) >= 11 is 0. The molecular formula is C19H26N4O2. The zero-order chi connectivity index (χ0) is 18.4. The highest BCUT2D eigenvalue weighted by Gasteiger charge is 2.32. The number of nitrogens with two attached hydrogens (primary N) is 1. The Balaban J connectivity index is 2.12. The summed E-state index contributed by atoms with van der Waals surface area (Å²) in [7, 11) is 0. The van der Waals surface area contributed by atoms with Gasteiger partial charge >= 0.3 is 0 Å². The first kappa shape index (κ1) is 18.9. The molecule has 3 N–H and O–H groups in total. The smallest absolute Gasteiger partial charge is 0.239 e. The lowest BCUT2D eigenvalue weighted by Crippen LogP contribution is -2.53. The minimum atomic E-state index is -0.597. The Kier molecular flexibility index (Phi) is 6.54. The second kappa shape index (κ2) is 8.63. The van der Waals surface area contributed by atoms with Gasteiger partial charge in [0.15, 0.2) is 0 Å². The van der Waals surface area contributed by atoms with Gasteiger partial charge in [-0.2, -0.15) is 5.26 Å². The van der Waals surface area contributed by atoms with Crippen LogP contribution in [-0.4, -0.2) is 35.8 Å². The van der Waals surface area contributed by atoms with Crippen molar-refractivity contribution in [2.24, 2.45) is 11.7 Å². The fraction of sp³-hybridized carbons (Fsp3) is 0.526. The number of carbonyl (C=O) groups is 2. The van der Waals surface area contributed by atoms with Crippen molar-refractivity contribution in [1.82, 2.24) is 10.2 Å². The number of likely N-dealkylation sites (tertiary alicyclic amines) is 1. The molecule has 2 amide bonds. The Morgan fingerprint density at radius 1 is 1.36 bits per heavy atom. The number of primary amides is 1. The van der Waals surface area contributed by atoms with E-state index < -0.39 is 11.9 Å². The Hall–Kier alpha value is -2.39. The Labute approximate surface area is 149 Å². The molecular weight excluding hydrogens is 316 g/mol. The fourth-order valence-corrected chi connectivity index (χ4v) is 3.42. The van der Waals surface area contributed by atoms with E-state index in [4.69, 9.17) is 11.0 Å². The number of benzene rings is 1. The number of hydrogen-bond donors (Lipinski definition) is 2. The van der Waals surface area contributed by atoms with Gasteiger partial charge in [-0.3, -0.25) is 14.9 Å². The topological polar surface area (TPSA) is 99.2 Å². The number of nitrogens with one attached hydrogen (secondary N) is 1. The molecule has 3 atom stereocenters. The van der Waals surface area contributed by atoms with E-state index >= 15 is 0 Å². The monoisotopic (exact) mass is 342 g/mol. The van der Waals surface area contributed by atoms with Gasteiger partial charge in [-0.05, 0) is 30.0 Å². The van der Waals surface area contributed by atoms with Gasteiger partial charge in [0.05, 0.1) is 11.6 Å². The maximum Gasteiger partial charge on any atom is 0.239 e. The van der Waals surface area contributed by atoms with E-state index in [2.05, 4.69) is 18.3 Å². The van der Waals surface area contributed by atoms with E-state index in [0.29, 0.717) is 25.1 Å². The number of rotatable bonds is 6. The quantitative estimate of drug-likeness (QED) is 0.822. The van der Waals surface area contributed by atoms with Crippen LogP contribution in [0.1, 0.15) is 50.3 Å². The van der Waals surface area contributed by atoms with Crippen LogP contribution in [0.3, 0.4) is 0 Å². The van der Waals surface area contributed by atoms with E-state index in [1.54, 1.807) is 24.3 Å². The third kappa shape index (κ3) is 4.58. The largest absolute Gasteiger partial charge is 0.368 e. The standard InChI is InChI=1S/C19H26N4O2/c1-3-14-12-23(17(24)4-2)10-9-16(14)22-18(19(21)25)15-7-5-13(11-20)6-8-15/h5-8,14,16,18,22H,3-4,9-10,12H2,1-2H3,(H2,21,25)/t14-,16-,18-/m0/s1. The van der Waals surface area contributed by atoms with Gasteiger partial charge < -0.3 is 10.6 Å². The summed E-state index contributed by atoms with van der Waals surface area (Å²) < 4.78 is 0. The first-order valence-electron chi connectivity index (χ1n) is 8.83. The summed E-state index contributed by atoms with van der Waals surface area (Å²) in [5.41, 5.74) is 6.91. The molecule has 0 spiro atoms. The van der Waals surface area contributed by atoms with Gasteiger partial charge in [-0.1, -0.05) is 32.4 Å². The number of carbonyl (C=O) groups excluding carboxylic acids is 2. The van der Waals surface area contributed by atoms with E-state index in [-0.39, 0.29) is 17.9 Å². The predicted molar refractivity (Wildman–Crippen MR) is 95.3 cm³/mol. The highest BCUT2D eigenvalue weighted by molar-refractivity contribution is 5.81. The van der Waals surface area contributed by atoms with E-state index in [0.717, 1.165) is 18.4 Å². The molecule has 2 rings (SSSR count). The van der Waals surface area contributed by atoms with E-state index in [9.17, 15) is 9.59 Å². The van der Waals surface area contributed by atoms with Gasteiger partial charge in [0.2, 0.25) is 11.8 Å². The van der Waals surface area contributed by atoms with Crippen molar-refractivity contribution in [2.75, 3.05) is 13.1 Å². The molecule has 6 heteroatoms. The predicted octanol–water partition coefficient (Wildman–Crippen LogP) is 1.71. The van der Waals surface area contributed by atoms with Crippen LogP contribution in [-0.2, 0) is 9.59 Å². The van der Waals surface area contributed by atoms with Crippen LogP contribution in [0.25, 0.3) is 0 Å². The molecule has 0 bridgehead atoms. The lowest BCUT2D eigenvalue weighted by molar-refractivity contribution is -0.133. The number of nitriles is 1. The van der Waals surface area contributed by atoms with Crippen LogP contribution in [0.15, 0.2) is 24.3 Å². The van der Waals surface area contributed by atoms with Crippen molar-refractivity contribution in [3.8, 4) is 6.07 Å². The Bertz CT molecular complexity index is 650. The van der Waals surface area contributed by atoms with E-state index in [1.807, 2.05) is 11.8 Å². The Morgan fingerprint density at radius 3 is 2.56 bits per heavy atom. The van der Waals surface area contributed by atoms with Crippen molar-refractivity contribution in [1.29, 1.82) is 5.26 Å². The molecule has 1 aromatic carbocycles. The molecule has 0 unspecified atom stereocenters. The van der Waals surface area contributed by atoms with Crippen molar-refractivity contribution in [3.05, 3.63) is 35.4 Å². The molecule has 1 aliphatic rings. The lowest BCUT2D eigenvalue weighted by Gasteiger charge is -2.40. The van der Waals surface area contributed by atoms with Crippen LogP contribution < -0.4 is 11.1 Å². The van der Waals surface area contributed by atoms with Crippen molar-refractivity contribution >= 4 is 11.8 Å². The summed E-state index contributed by atoms with van der Waals surface area (Å²) in [6.07, 6.45) is 2.23. The average Bonchev–Trinajstić information content (AvgIpc) is 2.65. The van der Waals surface area contributed by atoms with Gasteiger partial charge in [-0.15, -0.1) is 0 Å². The van der Waals surface area contributed by atoms with Crippen molar-refractivity contribution in [3.63, 3.8) is 0 Å². The molecule has 1 aliphatic heterocycles. The molecule has 0 radical (unpaired) electrons. The summed E-state index contributed by atoms with van der Waals surface area (Å²) in [6.45, 7) is 5.38. The molecule has 0 aromatic heterocycles. The van der Waals surface area contributed by atoms with Gasteiger partial charge in [0.1, 0.15) is 6.04 Å². The summed E-state index contributed by atoms with van der Waals surface area (Å²) in [5.74, 6) is 0.0200. The highest BCUT2D eigenvalue weighted by atomic mass is 16.2. The first-order valence-corrected chi connectivity index (χ1v) is 8.83. The second-order valence-corrected chi connectivity index (χ2v) is 6.49. The summed E-state index contributed by atoms with van der Waals surface area (Å²) in [6, 6.07) is 8.49. The van der Waals surface area contributed by atoms with Gasteiger partial charge in [0.25, 0.3) is 0 Å². The number of piperidine rings is 1. The number of nitrogens with zero attached hydrogens (tertiary/aromatic N) is 2. The van der Waals surface area contributed by atoms with Crippen molar-refractivity contribution < 1.29 is 9.59 Å². The highest BCUT2D eigenvalue weighted by Crippen LogP contribution is 2.24. The molecule has 1 aromatic rings. The molecule has 1 saturated heterocycles. The molecule has 1 fully saturated rings. The Morgan fingerprint density at radius 2 is 2.04 bits per heavy atom. The third-order valence-corrected chi connectivity index (χ3v) is 4.95. The summed E-state index contributed by atoms with van der Waals surface area (Å²) in [5, 5.41) is 12.3. The molecule has 0 saturated carbocycles. The van der Waals surface area contributed by atoms with Crippen LogP contribution in [0.5, 0.6) is 0 Å². The fourth-order valence-electron chi connectivity index (χ4n) is 3.42.